The number of rotatable bonds is 7. The lowest BCUT2D eigenvalue weighted by molar-refractivity contribution is -0.122. The van der Waals surface area contributed by atoms with Gasteiger partial charge in [-0.2, -0.15) is 0 Å². The van der Waals surface area contributed by atoms with Gasteiger partial charge in [-0.05, 0) is 47.5 Å². The zero-order valence-electron chi connectivity index (χ0n) is 19.7. The molecular weight excluding hydrogens is 380 g/mol. The van der Waals surface area contributed by atoms with Crippen LogP contribution in [-0.2, 0) is 17.6 Å². The molecule has 0 saturated heterocycles. The van der Waals surface area contributed by atoms with Crippen molar-refractivity contribution in [3.8, 4) is 0 Å². The maximum atomic E-state index is 13.3. The van der Waals surface area contributed by atoms with E-state index < -0.39 is 11.8 Å². The van der Waals surface area contributed by atoms with Crippen LogP contribution in [0, 0.1) is 33.6 Å². The minimum absolute atomic E-state index is 0.0782. The largest absolute Gasteiger partial charge is 0.465 e. The number of hydrogen-bond acceptors (Lipinski definition) is 5. The van der Waals surface area contributed by atoms with E-state index in [9.17, 15) is 14.4 Å². The van der Waals surface area contributed by atoms with Gasteiger partial charge in [-0.25, -0.2) is 0 Å². The minimum atomic E-state index is -0.629. The highest BCUT2D eigenvalue weighted by molar-refractivity contribution is 5.90. The number of ketones is 1. The normalized spacial score (nSPS) is 13.5. The lowest BCUT2D eigenvalue weighted by Gasteiger charge is -2.20. The first-order chi connectivity index (χ1) is 13.9. The van der Waals surface area contributed by atoms with Gasteiger partial charge in [-0.1, -0.05) is 20.8 Å². The van der Waals surface area contributed by atoms with Crippen LogP contribution < -0.4 is 10.9 Å². The van der Waals surface area contributed by atoms with Gasteiger partial charge in [0.25, 0.3) is 0 Å². The fourth-order valence-electron chi connectivity index (χ4n) is 3.97. The molecule has 0 fully saturated rings. The van der Waals surface area contributed by atoms with Crippen molar-refractivity contribution in [2.75, 3.05) is 0 Å². The Morgan fingerprint density at radius 2 is 1.13 bits per heavy atom. The first-order valence-corrected chi connectivity index (χ1v) is 10.7. The molecule has 2 rings (SSSR count). The Labute approximate surface area is 178 Å². The standard InChI is InChI=1S/C25H34O5/c1-10-19-13(4)21(26)15(6)24(29-19)17(8)23(28)18(9)25-16(7)22(27)14(5)20(30-25)11-12(2)3/h12,17-18H,10-11H2,1-9H3. The molecule has 2 unspecified atom stereocenters. The van der Waals surface area contributed by atoms with Crippen molar-refractivity contribution in [3.05, 3.63) is 65.7 Å². The summed E-state index contributed by atoms with van der Waals surface area (Å²) in [5, 5.41) is 0. The Bertz CT molecular complexity index is 1070. The van der Waals surface area contributed by atoms with Crippen LogP contribution in [0.5, 0.6) is 0 Å². The Balaban J connectivity index is 2.53. The smallest absolute Gasteiger partial charge is 0.191 e. The van der Waals surface area contributed by atoms with Crippen molar-refractivity contribution in [3.63, 3.8) is 0 Å². The van der Waals surface area contributed by atoms with Gasteiger partial charge < -0.3 is 8.83 Å². The molecule has 0 radical (unpaired) electrons. The summed E-state index contributed by atoms with van der Waals surface area (Å²) < 4.78 is 12.1. The van der Waals surface area contributed by atoms with E-state index in [0.29, 0.717) is 64.1 Å². The van der Waals surface area contributed by atoms with Crippen LogP contribution in [0.4, 0.5) is 0 Å². The van der Waals surface area contributed by atoms with Crippen LogP contribution in [0.15, 0.2) is 18.4 Å². The third kappa shape index (κ3) is 4.35. The lowest BCUT2D eigenvalue weighted by atomic mass is 9.87. The molecule has 0 saturated carbocycles. The van der Waals surface area contributed by atoms with Gasteiger partial charge in [0.05, 0.1) is 11.8 Å². The average molecular weight is 415 g/mol. The average Bonchev–Trinajstić information content (AvgIpc) is 2.70. The highest BCUT2D eigenvalue weighted by Crippen LogP contribution is 2.30. The molecule has 2 atom stereocenters. The van der Waals surface area contributed by atoms with Gasteiger partial charge in [-0.3, -0.25) is 14.4 Å². The van der Waals surface area contributed by atoms with E-state index in [1.54, 1.807) is 41.5 Å². The number of carbonyl (C=O) groups excluding carboxylic acids is 1. The molecule has 2 aromatic heterocycles. The Kier molecular flexibility index (Phi) is 7.27. The molecule has 0 aliphatic rings. The monoisotopic (exact) mass is 414 g/mol. The zero-order chi connectivity index (χ0) is 22.9. The minimum Gasteiger partial charge on any atom is -0.465 e. The second-order valence-corrected chi connectivity index (χ2v) is 8.73. The van der Waals surface area contributed by atoms with Crippen molar-refractivity contribution in [2.24, 2.45) is 5.92 Å². The van der Waals surface area contributed by atoms with Crippen LogP contribution >= 0.6 is 0 Å². The highest BCUT2D eigenvalue weighted by atomic mass is 16.3. The quantitative estimate of drug-likeness (QED) is 0.632. The molecule has 0 bridgehead atoms. The molecular formula is C25H34O5. The van der Waals surface area contributed by atoms with Gasteiger partial charge >= 0.3 is 0 Å². The highest BCUT2D eigenvalue weighted by Gasteiger charge is 2.31. The number of carbonyl (C=O) groups is 1. The SMILES string of the molecule is CCc1oc(C(C)C(=O)C(C)c2oc(CC(C)C)c(C)c(=O)c2C)c(C)c(=O)c1C. The second-order valence-electron chi connectivity index (χ2n) is 8.73. The summed E-state index contributed by atoms with van der Waals surface area (Å²) in [5.74, 6) is 0.963. The molecule has 0 aliphatic heterocycles. The van der Waals surface area contributed by atoms with E-state index in [1.807, 2.05) is 6.92 Å². The van der Waals surface area contributed by atoms with E-state index in [4.69, 9.17) is 8.83 Å². The predicted octanol–water partition coefficient (Wildman–Crippen LogP) is 5.06. The van der Waals surface area contributed by atoms with E-state index in [0.717, 1.165) is 0 Å². The first kappa shape index (κ1) is 23.8. The molecule has 5 heteroatoms. The van der Waals surface area contributed by atoms with Crippen molar-refractivity contribution >= 4 is 5.78 Å². The summed E-state index contributed by atoms with van der Waals surface area (Å²) in [6.45, 7) is 16.4. The molecule has 164 valence electrons. The fraction of sp³-hybridized carbons (Fsp3) is 0.560. The maximum absolute atomic E-state index is 13.3. The lowest BCUT2D eigenvalue weighted by Crippen LogP contribution is -2.24. The van der Waals surface area contributed by atoms with Crippen LogP contribution in [0.25, 0.3) is 0 Å². The number of aryl methyl sites for hydroxylation is 1. The maximum Gasteiger partial charge on any atom is 0.191 e. The van der Waals surface area contributed by atoms with Crippen LogP contribution in [-0.4, -0.2) is 5.78 Å². The molecule has 30 heavy (non-hydrogen) atoms. The van der Waals surface area contributed by atoms with Gasteiger partial charge in [0, 0.05) is 35.1 Å². The van der Waals surface area contributed by atoms with Gasteiger partial charge in [0.2, 0.25) is 0 Å². The van der Waals surface area contributed by atoms with Crippen molar-refractivity contribution in [1.82, 2.24) is 0 Å². The Hall–Kier alpha value is -2.43. The Morgan fingerprint density at radius 1 is 0.733 bits per heavy atom. The van der Waals surface area contributed by atoms with E-state index in [-0.39, 0.29) is 16.6 Å². The Morgan fingerprint density at radius 3 is 1.53 bits per heavy atom. The summed E-state index contributed by atoms with van der Waals surface area (Å²) in [7, 11) is 0. The third-order valence-corrected chi connectivity index (χ3v) is 5.96. The van der Waals surface area contributed by atoms with Crippen LogP contribution in [0.2, 0.25) is 0 Å². The molecule has 0 aromatic carbocycles. The fourth-order valence-corrected chi connectivity index (χ4v) is 3.97. The van der Waals surface area contributed by atoms with Crippen LogP contribution in [0.3, 0.4) is 0 Å². The summed E-state index contributed by atoms with van der Waals surface area (Å²) in [4.78, 5) is 38.7. The molecule has 0 spiro atoms. The second kappa shape index (κ2) is 9.15. The third-order valence-electron chi connectivity index (χ3n) is 5.96. The van der Waals surface area contributed by atoms with E-state index >= 15 is 0 Å². The molecule has 0 amide bonds. The van der Waals surface area contributed by atoms with Gasteiger partial charge in [0.15, 0.2) is 16.6 Å². The molecule has 0 N–H and O–H groups in total. The molecule has 2 aromatic rings. The molecule has 2 heterocycles. The number of hydrogen-bond donors (Lipinski definition) is 0. The van der Waals surface area contributed by atoms with Crippen molar-refractivity contribution < 1.29 is 13.6 Å². The van der Waals surface area contributed by atoms with E-state index in [2.05, 4.69) is 13.8 Å². The molecule has 0 aliphatic carbocycles. The topological polar surface area (TPSA) is 77.5 Å². The number of Topliss-reactive ketones (excluding diaryl/α,β-unsaturated/α-hetero) is 1. The molecule has 5 nitrogen and oxygen atoms in total. The van der Waals surface area contributed by atoms with E-state index in [1.165, 1.54) is 0 Å². The zero-order valence-corrected chi connectivity index (χ0v) is 19.7. The van der Waals surface area contributed by atoms with Crippen molar-refractivity contribution in [2.45, 2.75) is 87.0 Å². The summed E-state index contributed by atoms with van der Waals surface area (Å²) in [6, 6.07) is 0. The summed E-state index contributed by atoms with van der Waals surface area (Å²) >= 11 is 0. The van der Waals surface area contributed by atoms with Crippen LogP contribution in [0.1, 0.15) is 91.7 Å². The summed E-state index contributed by atoms with van der Waals surface area (Å²) in [5.41, 5.74) is 1.95. The van der Waals surface area contributed by atoms with Gasteiger partial charge in [0.1, 0.15) is 23.0 Å². The predicted molar refractivity (Wildman–Crippen MR) is 119 cm³/mol. The first-order valence-electron chi connectivity index (χ1n) is 10.7. The summed E-state index contributed by atoms with van der Waals surface area (Å²) in [6.07, 6.45) is 1.21. The van der Waals surface area contributed by atoms with Gasteiger partial charge in [-0.15, -0.1) is 0 Å². The van der Waals surface area contributed by atoms with Crippen molar-refractivity contribution in [1.29, 1.82) is 0 Å².